The number of fused-ring (bicyclic) bond motifs is 1. The molecule has 1 fully saturated rings. The number of hydrogen-bond donors (Lipinski definition) is 1. The predicted octanol–water partition coefficient (Wildman–Crippen LogP) is 5.02. The van der Waals surface area contributed by atoms with Crippen LogP contribution in [0.2, 0.25) is 5.28 Å². The first-order chi connectivity index (χ1) is 15.6. The molecular formula is C23H26ClF2N4O3+. The highest BCUT2D eigenvalue weighted by molar-refractivity contribution is 6.28. The van der Waals surface area contributed by atoms with E-state index in [4.69, 9.17) is 21.1 Å². The lowest BCUT2D eigenvalue weighted by Crippen LogP contribution is -2.43. The van der Waals surface area contributed by atoms with Gasteiger partial charge in [0.05, 0.1) is 6.20 Å². The molecule has 4 rings (SSSR count). The highest BCUT2D eigenvalue weighted by Gasteiger charge is 2.36. The summed E-state index contributed by atoms with van der Waals surface area (Å²) in [6, 6.07) is 2.93. The van der Waals surface area contributed by atoms with E-state index in [0.29, 0.717) is 5.69 Å². The van der Waals surface area contributed by atoms with E-state index in [-0.39, 0.29) is 41.0 Å². The lowest BCUT2D eigenvalue weighted by molar-refractivity contribution is -0.490. The fraction of sp³-hybridized carbons (Fsp3) is 0.478. The van der Waals surface area contributed by atoms with Crippen molar-refractivity contribution in [2.24, 2.45) is 0 Å². The summed E-state index contributed by atoms with van der Waals surface area (Å²) in [4.78, 5) is 19.6. The van der Waals surface area contributed by atoms with Crippen LogP contribution in [0, 0.1) is 11.6 Å². The Labute approximate surface area is 195 Å². The molecule has 10 heteroatoms. The van der Waals surface area contributed by atoms with Crippen LogP contribution in [0.1, 0.15) is 46.5 Å². The van der Waals surface area contributed by atoms with Crippen molar-refractivity contribution in [3.05, 3.63) is 35.2 Å². The maximum absolute atomic E-state index is 14.9. The largest absolute Gasteiger partial charge is 0.474 e. The molecule has 2 heterocycles. The Bertz CT molecular complexity index is 1100. The van der Waals surface area contributed by atoms with E-state index in [1.807, 2.05) is 31.6 Å². The van der Waals surface area contributed by atoms with Gasteiger partial charge in [-0.05, 0) is 51.3 Å². The number of halogens is 3. The first-order valence-electron chi connectivity index (χ1n) is 10.9. The molecule has 1 saturated carbocycles. The van der Waals surface area contributed by atoms with Crippen LogP contribution < -0.4 is 10.1 Å². The second kappa shape index (κ2) is 9.21. The molecule has 1 aromatic heterocycles. The van der Waals surface area contributed by atoms with Gasteiger partial charge in [0.2, 0.25) is 11.0 Å². The number of nitrogens with zero attached hydrogens (tertiary/aromatic N) is 3. The van der Waals surface area contributed by atoms with Gasteiger partial charge in [-0.25, -0.2) is 23.5 Å². The Morgan fingerprint density at radius 1 is 1.21 bits per heavy atom. The number of rotatable bonds is 3. The number of ether oxygens (including phenoxy) is 2. The van der Waals surface area contributed by atoms with Crippen LogP contribution in [0.5, 0.6) is 5.75 Å². The van der Waals surface area contributed by atoms with Gasteiger partial charge in [-0.3, -0.25) is 0 Å². The summed E-state index contributed by atoms with van der Waals surface area (Å²) in [5, 5.41) is 2.80. The number of carbonyl (C=O) groups is 1. The van der Waals surface area contributed by atoms with Crippen LogP contribution in [-0.4, -0.2) is 51.1 Å². The summed E-state index contributed by atoms with van der Waals surface area (Å²) in [7, 11) is 0. The van der Waals surface area contributed by atoms with Crippen molar-refractivity contribution in [1.29, 1.82) is 0 Å². The molecule has 0 bridgehead atoms. The number of carbonyl (C=O) groups excluding carboxylic acids is 1. The number of nitrogens with one attached hydrogen (secondary N) is 1. The SMILES string of the molecule is CC(C)(C)OC(=O)NC1CCC([N+]2=CCOc3c(F)cc(-c4nc(Cl)ncc4F)cc32)CC1. The lowest BCUT2D eigenvalue weighted by atomic mass is 9.90. The second-order valence-electron chi connectivity index (χ2n) is 9.19. The van der Waals surface area contributed by atoms with Gasteiger partial charge >= 0.3 is 6.09 Å². The molecule has 1 N–H and O–H groups in total. The minimum Gasteiger partial charge on any atom is -0.474 e. The maximum Gasteiger partial charge on any atom is 0.407 e. The topological polar surface area (TPSA) is 76.3 Å². The minimum atomic E-state index is -0.695. The van der Waals surface area contributed by atoms with Crippen molar-refractivity contribution < 1.29 is 27.6 Å². The van der Waals surface area contributed by atoms with Gasteiger partial charge in [0.1, 0.15) is 11.3 Å². The molecule has 2 aromatic rings. The third-order valence-corrected chi connectivity index (χ3v) is 5.78. The van der Waals surface area contributed by atoms with Crippen molar-refractivity contribution in [3.8, 4) is 17.0 Å². The van der Waals surface area contributed by atoms with Gasteiger partial charge < -0.3 is 14.8 Å². The standard InChI is InChI=1S/C23H25ClF2N4O3/c1-23(2,3)33-22(31)28-14-4-6-15(7-5-14)30-8-9-32-20-16(25)10-13(11-18(20)30)19-17(26)12-27-21(24)29-19/h8,10-12,14-15H,4-7,9H2,1-3H3/p+1. The zero-order valence-electron chi connectivity index (χ0n) is 18.7. The molecule has 7 nitrogen and oxygen atoms in total. The third kappa shape index (κ3) is 5.40. The number of amides is 1. The molecule has 1 amide bonds. The molecule has 176 valence electrons. The van der Waals surface area contributed by atoms with E-state index in [2.05, 4.69) is 15.3 Å². The van der Waals surface area contributed by atoms with E-state index < -0.39 is 23.3 Å². The highest BCUT2D eigenvalue weighted by Crippen LogP contribution is 2.39. The van der Waals surface area contributed by atoms with Crippen LogP contribution in [0.15, 0.2) is 18.3 Å². The van der Waals surface area contributed by atoms with E-state index in [9.17, 15) is 13.6 Å². The van der Waals surface area contributed by atoms with Crippen LogP contribution >= 0.6 is 11.6 Å². The zero-order chi connectivity index (χ0) is 23.8. The first-order valence-corrected chi connectivity index (χ1v) is 11.2. The Balaban J connectivity index is 1.52. The van der Waals surface area contributed by atoms with Crippen LogP contribution in [0.25, 0.3) is 11.3 Å². The molecule has 33 heavy (non-hydrogen) atoms. The number of hydrogen-bond acceptors (Lipinski definition) is 5. The summed E-state index contributed by atoms with van der Waals surface area (Å²) >= 11 is 5.82. The lowest BCUT2D eigenvalue weighted by Gasteiger charge is -2.29. The van der Waals surface area contributed by atoms with Gasteiger partial charge in [-0.1, -0.05) is 0 Å². The fourth-order valence-corrected chi connectivity index (χ4v) is 4.35. The molecule has 1 aromatic carbocycles. The van der Waals surface area contributed by atoms with E-state index >= 15 is 0 Å². The van der Waals surface area contributed by atoms with Crippen molar-refractivity contribution in [3.63, 3.8) is 0 Å². The van der Waals surface area contributed by atoms with E-state index in [0.717, 1.165) is 31.9 Å². The molecular weight excluding hydrogens is 454 g/mol. The molecule has 2 aliphatic rings. The first kappa shape index (κ1) is 23.4. The summed E-state index contributed by atoms with van der Waals surface area (Å²) in [6.45, 7) is 5.70. The van der Waals surface area contributed by atoms with Crippen molar-refractivity contribution in [1.82, 2.24) is 15.3 Å². The number of benzene rings is 1. The molecule has 0 spiro atoms. The highest BCUT2D eigenvalue weighted by atomic mass is 35.5. The predicted molar refractivity (Wildman–Crippen MR) is 119 cm³/mol. The normalized spacial score (nSPS) is 20.4. The van der Waals surface area contributed by atoms with E-state index in [1.54, 1.807) is 6.07 Å². The number of alkyl carbamates (subject to hydrolysis) is 1. The molecule has 0 unspecified atom stereocenters. The monoisotopic (exact) mass is 479 g/mol. The summed E-state index contributed by atoms with van der Waals surface area (Å²) in [5.41, 5.74) is 0.127. The molecule has 1 aliphatic carbocycles. The second-order valence-corrected chi connectivity index (χ2v) is 9.53. The van der Waals surface area contributed by atoms with Crippen molar-refractivity contribution >= 4 is 29.6 Å². The summed E-state index contributed by atoms with van der Waals surface area (Å²) in [5.74, 6) is -1.18. The molecule has 0 atom stereocenters. The van der Waals surface area contributed by atoms with Gasteiger partial charge in [0, 0.05) is 30.5 Å². The zero-order valence-corrected chi connectivity index (χ0v) is 19.5. The van der Waals surface area contributed by atoms with Crippen LogP contribution in [0.3, 0.4) is 0 Å². The molecule has 1 aliphatic heterocycles. The van der Waals surface area contributed by atoms with Gasteiger partial charge in [0.15, 0.2) is 30.5 Å². The Hall–Kier alpha value is -2.81. The van der Waals surface area contributed by atoms with Gasteiger partial charge in [-0.15, -0.1) is 0 Å². The Morgan fingerprint density at radius 3 is 2.64 bits per heavy atom. The van der Waals surface area contributed by atoms with Crippen molar-refractivity contribution in [2.45, 2.75) is 64.1 Å². The Kier molecular flexibility index (Phi) is 6.52. The maximum atomic E-state index is 14.9. The summed E-state index contributed by atoms with van der Waals surface area (Å²) < 4.78 is 42.1. The van der Waals surface area contributed by atoms with Crippen molar-refractivity contribution in [2.75, 3.05) is 6.61 Å². The van der Waals surface area contributed by atoms with Gasteiger partial charge in [-0.2, -0.15) is 4.58 Å². The average molecular weight is 480 g/mol. The Morgan fingerprint density at radius 2 is 1.94 bits per heavy atom. The quantitative estimate of drug-likeness (QED) is 0.494. The molecule has 0 saturated heterocycles. The summed E-state index contributed by atoms with van der Waals surface area (Å²) in [6.07, 6.45) is 5.45. The molecule has 0 radical (unpaired) electrons. The van der Waals surface area contributed by atoms with Crippen LogP contribution in [-0.2, 0) is 4.74 Å². The minimum absolute atomic E-state index is 0.0111. The third-order valence-electron chi connectivity index (χ3n) is 5.60. The number of aromatic nitrogens is 2. The van der Waals surface area contributed by atoms with E-state index in [1.165, 1.54) is 6.07 Å². The van der Waals surface area contributed by atoms with Crippen LogP contribution in [0.4, 0.5) is 19.3 Å². The fourth-order valence-electron chi connectivity index (χ4n) is 4.22. The average Bonchev–Trinajstić information content (AvgIpc) is 2.74. The van der Waals surface area contributed by atoms with Gasteiger partial charge in [0.25, 0.3) is 5.69 Å². The smallest absolute Gasteiger partial charge is 0.407 e.